The first-order valence-corrected chi connectivity index (χ1v) is 7.77. The molecule has 2 N–H and O–H groups in total. The van der Waals surface area contributed by atoms with Gasteiger partial charge in [0, 0.05) is 11.3 Å². The zero-order chi connectivity index (χ0) is 17.5. The minimum absolute atomic E-state index is 0.148. The average molecular weight is 325 g/mol. The number of methoxy groups -OCH3 is 1. The zero-order valence-corrected chi connectivity index (χ0v) is 14.5. The molecule has 2 rings (SSSR count). The number of benzene rings is 2. The molecule has 0 aromatic heterocycles. The fourth-order valence-electron chi connectivity index (χ4n) is 2.49. The minimum Gasteiger partial charge on any atom is -0.497 e. The summed E-state index contributed by atoms with van der Waals surface area (Å²) in [6.45, 7) is 6.28. The lowest BCUT2D eigenvalue weighted by molar-refractivity contribution is -0.119. The fraction of sp³-hybridized carbons (Fsp3) is 0.263. The highest BCUT2D eigenvalue weighted by molar-refractivity contribution is 5.86. The predicted octanol–water partition coefficient (Wildman–Crippen LogP) is 3.18. The first-order valence-electron chi connectivity index (χ1n) is 7.77. The van der Waals surface area contributed by atoms with Gasteiger partial charge in [0.05, 0.1) is 19.9 Å². The number of hydrogen-bond acceptors (Lipinski definition) is 4. The van der Waals surface area contributed by atoms with Crippen molar-refractivity contribution in [2.45, 2.75) is 20.8 Å². The molecular weight excluding hydrogens is 302 g/mol. The van der Waals surface area contributed by atoms with Crippen LogP contribution in [0.5, 0.6) is 5.75 Å². The van der Waals surface area contributed by atoms with E-state index in [9.17, 15) is 4.79 Å². The molecule has 0 aliphatic heterocycles. The Labute approximate surface area is 142 Å². The maximum atomic E-state index is 11.8. The van der Waals surface area contributed by atoms with Crippen LogP contribution in [0.3, 0.4) is 0 Å². The molecule has 0 atom stereocenters. The molecule has 0 saturated carbocycles. The number of aryl methyl sites for hydroxylation is 3. The van der Waals surface area contributed by atoms with E-state index in [1.165, 1.54) is 5.56 Å². The van der Waals surface area contributed by atoms with Gasteiger partial charge in [-0.25, -0.2) is 5.43 Å². The number of carbonyl (C=O) groups is 1. The van der Waals surface area contributed by atoms with Crippen molar-refractivity contribution in [3.63, 3.8) is 0 Å². The number of rotatable bonds is 6. The van der Waals surface area contributed by atoms with Crippen LogP contribution in [0.15, 0.2) is 41.5 Å². The van der Waals surface area contributed by atoms with Crippen molar-refractivity contribution in [3.8, 4) is 5.75 Å². The Balaban J connectivity index is 1.86. The Morgan fingerprint density at radius 2 is 1.75 bits per heavy atom. The molecule has 0 unspecified atom stereocenters. The van der Waals surface area contributed by atoms with Gasteiger partial charge in [-0.1, -0.05) is 17.7 Å². The molecule has 1 amide bonds. The van der Waals surface area contributed by atoms with Gasteiger partial charge in [-0.3, -0.25) is 4.79 Å². The van der Waals surface area contributed by atoms with Crippen LogP contribution in [0.4, 0.5) is 5.69 Å². The Hall–Kier alpha value is -2.82. The van der Waals surface area contributed by atoms with Gasteiger partial charge in [-0.15, -0.1) is 0 Å². The van der Waals surface area contributed by atoms with Gasteiger partial charge < -0.3 is 10.1 Å². The van der Waals surface area contributed by atoms with Crippen LogP contribution in [0.25, 0.3) is 0 Å². The summed E-state index contributed by atoms with van der Waals surface area (Å²) in [5.74, 6) is 0.572. The van der Waals surface area contributed by atoms with E-state index in [0.29, 0.717) is 0 Å². The van der Waals surface area contributed by atoms with Crippen molar-refractivity contribution in [2.75, 3.05) is 19.0 Å². The molecule has 2 aromatic rings. The summed E-state index contributed by atoms with van der Waals surface area (Å²) < 4.78 is 5.09. The zero-order valence-electron chi connectivity index (χ0n) is 14.5. The number of nitrogens with one attached hydrogen (secondary N) is 2. The minimum atomic E-state index is -0.204. The van der Waals surface area contributed by atoms with Crippen LogP contribution in [-0.2, 0) is 4.79 Å². The van der Waals surface area contributed by atoms with Crippen LogP contribution >= 0.6 is 0 Å². The van der Waals surface area contributed by atoms with E-state index in [0.717, 1.165) is 28.1 Å². The Morgan fingerprint density at radius 3 is 2.33 bits per heavy atom. The van der Waals surface area contributed by atoms with Crippen LogP contribution in [0, 0.1) is 20.8 Å². The molecule has 0 spiro atoms. The maximum absolute atomic E-state index is 11.8. The van der Waals surface area contributed by atoms with Gasteiger partial charge in [0.15, 0.2) is 0 Å². The Bertz CT molecular complexity index is 714. The summed E-state index contributed by atoms with van der Waals surface area (Å²) in [7, 11) is 1.62. The molecule has 0 heterocycles. The molecule has 0 fully saturated rings. The van der Waals surface area contributed by atoms with E-state index in [-0.39, 0.29) is 12.5 Å². The van der Waals surface area contributed by atoms with Crippen molar-refractivity contribution in [1.29, 1.82) is 0 Å². The number of anilines is 1. The van der Waals surface area contributed by atoms with E-state index < -0.39 is 0 Å². The number of hydrazone groups is 1. The number of carbonyl (C=O) groups excluding carboxylic acids is 1. The molecule has 24 heavy (non-hydrogen) atoms. The highest BCUT2D eigenvalue weighted by Gasteiger charge is 2.02. The second-order valence-electron chi connectivity index (χ2n) is 5.69. The lowest BCUT2D eigenvalue weighted by Crippen LogP contribution is -2.25. The van der Waals surface area contributed by atoms with E-state index in [2.05, 4.69) is 34.9 Å². The fourth-order valence-corrected chi connectivity index (χ4v) is 2.49. The highest BCUT2D eigenvalue weighted by Crippen LogP contribution is 2.15. The molecular formula is C19H23N3O2. The monoisotopic (exact) mass is 325 g/mol. The molecule has 0 aliphatic rings. The normalized spacial score (nSPS) is 10.7. The third-order valence-corrected chi connectivity index (χ3v) is 3.66. The number of nitrogens with zero attached hydrogens (tertiary/aromatic N) is 1. The van der Waals surface area contributed by atoms with Crippen molar-refractivity contribution in [2.24, 2.45) is 5.10 Å². The molecule has 126 valence electrons. The average Bonchev–Trinajstić information content (AvgIpc) is 2.55. The molecule has 5 nitrogen and oxygen atoms in total. The molecule has 0 bridgehead atoms. The number of hydrogen-bond donors (Lipinski definition) is 2. The second kappa shape index (κ2) is 8.15. The Morgan fingerprint density at radius 1 is 1.12 bits per heavy atom. The number of ether oxygens (including phenoxy) is 1. The van der Waals surface area contributed by atoms with Gasteiger partial charge >= 0.3 is 0 Å². The molecule has 5 heteroatoms. The van der Waals surface area contributed by atoms with Crippen molar-refractivity contribution >= 4 is 17.8 Å². The van der Waals surface area contributed by atoms with Crippen molar-refractivity contribution in [3.05, 3.63) is 58.7 Å². The first kappa shape index (κ1) is 17.5. The highest BCUT2D eigenvalue weighted by atomic mass is 16.5. The van der Waals surface area contributed by atoms with Gasteiger partial charge in [-0.2, -0.15) is 5.10 Å². The molecule has 0 radical (unpaired) electrons. The third-order valence-electron chi connectivity index (χ3n) is 3.66. The molecule has 0 saturated heterocycles. The van der Waals surface area contributed by atoms with Crippen molar-refractivity contribution < 1.29 is 9.53 Å². The van der Waals surface area contributed by atoms with Gasteiger partial charge in [-0.05, 0) is 56.2 Å². The summed E-state index contributed by atoms with van der Waals surface area (Å²) in [6.07, 6.45) is 1.69. The lowest BCUT2D eigenvalue weighted by atomic mass is 10.0. The molecule has 2 aromatic carbocycles. The quantitative estimate of drug-likeness (QED) is 0.633. The van der Waals surface area contributed by atoms with E-state index in [1.807, 2.05) is 38.1 Å². The first-order chi connectivity index (χ1) is 11.5. The smallest absolute Gasteiger partial charge is 0.259 e. The Kier molecular flexibility index (Phi) is 5.95. The second-order valence-corrected chi connectivity index (χ2v) is 5.69. The van der Waals surface area contributed by atoms with Crippen LogP contribution < -0.4 is 15.5 Å². The van der Waals surface area contributed by atoms with Gasteiger partial charge in [0.25, 0.3) is 5.91 Å². The summed E-state index contributed by atoms with van der Waals surface area (Å²) in [5, 5.41) is 7.08. The summed E-state index contributed by atoms with van der Waals surface area (Å²) in [6, 6.07) is 11.6. The van der Waals surface area contributed by atoms with Crippen LogP contribution in [-0.4, -0.2) is 25.8 Å². The predicted molar refractivity (Wildman–Crippen MR) is 97.9 cm³/mol. The maximum Gasteiger partial charge on any atom is 0.259 e. The van der Waals surface area contributed by atoms with Gasteiger partial charge in [0.2, 0.25) is 0 Å². The van der Waals surface area contributed by atoms with Crippen LogP contribution in [0.1, 0.15) is 22.3 Å². The largest absolute Gasteiger partial charge is 0.497 e. The standard InChI is InChI=1S/C19H23N3O2/c1-13-9-14(2)18(15(3)10-13)11-21-22-19(23)12-20-16-5-7-17(24-4)8-6-16/h5-11,20H,12H2,1-4H3,(H,22,23)/b21-11+. The summed E-state index contributed by atoms with van der Waals surface area (Å²) >= 11 is 0. The SMILES string of the molecule is COc1ccc(NCC(=O)N/N=C/c2c(C)cc(C)cc2C)cc1. The van der Waals surface area contributed by atoms with E-state index in [4.69, 9.17) is 4.74 Å². The van der Waals surface area contributed by atoms with Crippen molar-refractivity contribution in [1.82, 2.24) is 5.43 Å². The third kappa shape index (κ3) is 4.84. The topological polar surface area (TPSA) is 62.7 Å². The van der Waals surface area contributed by atoms with E-state index in [1.54, 1.807) is 13.3 Å². The lowest BCUT2D eigenvalue weighted by Gasteiger charge is -2.07. The number of amides is 1. The molecule has 0 aliphatic carbocycles. The van der Waals surface area contributed by atoms with Gasteiger partial charge in [0.1, 0.15) is 5.75 Å². The summed E-state index contributed by atoms with van der Waals surface area (Å²) in [5.41, 5.74) is 7.91. The van der Waals surface area contributed by atoms with Crippen LogP contribution in [0.2, 0.25) is 0 Å². The van der Waals surface area contributed by atoms with E-state index >= 15 is 0 Å². The summed E-state index contributed by atoms with van der Waals surface area (Å²) in [4.78, 5) is 11.8.